The van der Waals surface area contributed by atoms with Crippen molar-refractivity contribution in [3.05, 3.63) is 24.3 Å². The van der Waals surface area contributed by atoms with Crippen LogP contribution in [0.15, 0.2) is 33.9 Å². The Morgan fingerprint density at radius 2 is 1.96 bits per heavy atom. The van der Waals surface area contributed by atoms with Crippen LogP contribution in [0.5, 0.6) is 0 Å². The number of benzene rings is 1. The molecular formula is C17H20N2O4S. The van der Waals surface area contributed by atoms with E-state index in [1.54, 1.807) is 0 Å². The second-order valence-corrected chi connectivity index (χ2v) is 6.99. The van der Waals surface area contributed by atoms with E-state index in [1.807, 2.05) is 29.2 Å². The predicted octanol–water partition coefficient (Wildman–Crippen LogP) is 2.53. The molecule has 0 spiro atoms. The second-order valence-electron chi connectivity index (χ2n) is 6.06. The van der Waals surface area contributed by atoms with E-state index in [0.717, 1.165) is 37.0 Å². The van der Waals surface area contributed by atoms with E-state index < -0.39 is 0 Å². The van der Waals surface area contributed by atoms with Crippen molar-refractivity contribution in [1.29, 1.82) is 0 Å². The Kier molecular flexibility index (Phi) is 4.73. The highest BCUT2D eigenvalue weighted by atomic mass is 32.2. The molecule has 24 heavy (non-hydrogen) atoms. The number of hydrogen-bond donors (Lipinski definition) is 0. The number of fused-ring (bicyclic) bond motifs is 1. The summed E-state index contributed by atoms with van der Waals surface area (Å²) in [6.07, 6.45) is 1.80. The minimum Gasteiger partial charge on any atom is -0.431 e. The van der Waals surface area contributed by atoms with Crippen LogP contribution in [0.1, 0.15) is 12.8 Å². The van der Waals surface area contributed by atoms with Gasteiger partial charge in [0.2, 0.25) is 5.91 Å². The maximum absolute atomic E-state index is 12.4. The number of para-hydroxylation sites is 2. The van der Waals surface area contributed by atoms with Crippen LogP contribution in [0, 0.1) is 5.92 Å². The number of likely N-dealkylation sites (tertiary alicyclic amines) is 1. The Hall–Kier alpha value is -1.57. The van der Waals surface area contributed by atoms with Gasteiger partial charge < -0.3 is 18.8 Å². The topological polar surface area (TPSA) is 64.8 Å². The molecule has 0 radical (unpaired) electrons. The molecule has 2 saturated heterocycles. The monoisotopic (exact) mass is 348 g/mol. The second kappa shape index (κ2) is 7.13. The van der Waals surface area contributed by atoms with Crippen LogP contribution in [-0.4, -0.2) is 54.1 Å². The number of ether oxygens (including phenoxy) is 2. The Labute approximate surface area is 144 Å². The van der Waals surface area contributed by atoms with E-state index >= 15 is 0 Å². The molecule has 0 atom stereocenters. The van der Waals surface area contributed by atoms with E-state index in [4.69, 9.17) is 13.9 Å². The molecule has 1 amide bonds. The van der Waals surface area contributed by atoms with E-state index in [1.165, 1.54) is 11.8 Å². The fourth-order valence-electron chi connectivity index (χ4n) is 3.20. The average Bonchev–Trinajstić information content (AvgIpc) is 3.29. The lowest BCUT2D eigenvalue weighted by Gasteiger charge is -2.33. The van der Waals surface area contributed by atoms with Gasteiger partial charge in [0, 0.05) is 19.0 Å². The van der Waals surface area contributed by atoms with Crippen molar-refractivity contribution in [2.24, 2.45) is 5.92 Å². The number of rotatable bonds is 4. The summed E-state index contributed by atoms with van der Waals surface area (Å²) in [5.41, 5.74) is 1.58. The van der Waals surface area contributed by atoms with Crippen molar-refractivity contribution in [2.75, 3.05) is 32.1 Å². The largest absolute Gasteiger partial charge is 0.431 e. The van der Waals surface area contributed by atoms with Crippen LogP contribution in [0.2, 0.25) is 0 Å². The molecule has 0 bridgehead atoms. The Bertz CT molecular complexity index is 672. The SMILES string of the molecule is O=C(CSc1nc2ccccc2o1)N1CCC(C2OCCO2)CC1. The highest BCUT2D eigenvalue weighted by molar-refractivity contribution is 7.99. The maximum Gasteiger partial charge on any atom is 0.257 e. The number of aromatic nitrogens is 1. The van der Waals surface area contributed by atoms with Crippen molar-refractivity contribution in [1.82, 2.24) is 9.88 Å². The Morgan fingerprint density at radius 3 is 2.71 bits per heavy atom. The predicted molar refractivity (Wildman–Crippen MR) is 89.7 cm³/mol. The van der Waals surface area contributed by atoms with Crippen molar-refractivity contribution in [2.45, 2.75) is 24.4 Å². The Balaban J connectivity index is 1.27. The third-order valence-corrected chi connectivity index (χ3v) is 5.33. The zero-order chi connectivity index (χ0) is 16.4. The van der Waals surface area contributed by atoms with Gasteiger partial charge in [0.25, 0.3) is 5.22 Å². The van der Waals surface area contributed by atoms with Crippen LogP contribution < -0.4 is 0 Å². The van der Waals surface area contributed by atoms with Crippen LogP contribution >= 0.6 is 11.8 Å². The van der Waals surface area contributed by atoms with Crippen molar-refractivity contribution >= 4 is 28.8 Å². The van der Waals surface area contributed by atoms with Gasteiger partial charge in [-0.15, -0.1) is 0 Å². The molecule has 0 aliphatic carbocycles. The molecule has 3 heterocycles. The van der Waals surface area contributed by atoms with Crippen LogP contribution in [0.25, 0.3) is 11.1 Å². The lowest BCUT2D eigenvalue weighted by Crippen LogP contribution is -2.42. The van der Waals surface area contributed by atoms with Crippen LogP contribution in [0.4, 0.5) is 0 Å². The smallest absolute Gasteiger partial charge is 0.257 e. The van der Waals surface area contributed by atoms with Gasteiger partial charge in [-0.3, -0.25) is 4.79 Å². The summed E-state index contributed by atoms with van der Waals surface area (Å²) in [6.45, 7) is 2.90. The standard InChI is InChI=1S/C17H20N2O4S/c20-15(11-24-17-18-13-3-1-2-4-14(13)23-17)19-7-5-12(6-8-19)16-21-9-10-22-16/h1-4,12,16H,5-11H2. The first-order valence-corrected chi connectivity index (χ1v) is 9.27. The van der Waals surface area contributed by atoms with Crippen molar-refractivity contribution in [3.8, 4) is 0 Å². The summed E-state index contributed by atoms with van der Waals surface area (Å²) in [5.74, 6) is 0.892. The average molecular weight is 348 g/mol. The first kappa shape index (κ1) is 15.9. The first-order valence-electron chi connectivity index (χ1n) is 8.29. The molecule has 1 aromatic heterocycles. The zero-order valence-electron chi connectivity index (χ0n) is 13.3. The molecule has 7 heteroatoms. The third-order valence-electron chi connectivity index (χ3n) is 4.52. The van der Waals surface area contributed by atoms with Crippen LogP contribution in [0.3, 0.4) is 0 Å². The molecule has 0 unspecified atom stereocenters. The maximum atomic E-state index is 12.4. The number of hydrogen-bond acceptors (Lipinski definition) is 6. The third kappa shape index (κ3) is 3.43. The minimum absolute atomic E-state index is 0.0728. The molecule has 6 nitrogen and oxygen atoms in total. The highest BCUT2D eigenvalue weighted by Crippen LogP contribution is 2.27. The van der Waals surface area contributed by atoms with Crippen molar-refractivity contribution in [3.63, 3.8) is 0 Å². The normalized spacial score (nSPS) is 20.1. The van der Waals surface area contributed by atoms with Gasteiger partial charge in [0.15, 0.2) is 11.9 Å². The van der Waals surface area contributed by atoms with E-state index in [9.17, 15) is 4.79 Å². The van der Waals surface area contributed by atoms with Crippen molar-refractivity contribution < 1.29 is 18.7 Å². The number of carbonyl (C=O) groups excluding carboxylic acids is 1. The van der Waals surface area contributed by atoms with E-state index in [2.05, 4.69) is 4.98 Å². The lowest BCUT2D eigenvalue weighted by molar-refractivity contribution is -0.134. The van der Waals surface area contributed by atoms with Gasteiger partial charge >= 0.3 is 0 Å². The lowest BCUT2D eigenvalue weighted by atomic mass is 9.96. The highest BCUT2D eigenvalue weighted by Gasteiger charge is 2.31. The molecular weight excluding hydrogens is 328 g/mol. The van der Waals surface area contributed by atoms with Gasteiger partial charge in [-0.05, 0) is 25.0 Å². The van der Waals surface area contributed by atoms with Gasteiger partial charge in [-0.1, -0.05) is 23.9 Å². The summed E-state index contributed by atoms with van der Waals surface area (Å²) in [4.78, 5) is 18.7. The fourth-order valence-corrected chi connectivity index (χ4v) is 3.94. The quantitative estimate of drug-likeness (QED) is 0.791. The molecule has 0 saturated carbocycles. The zero-order valence-corrected chi connectivity index (χ0v) is 14.2. The molecule has 1 aromatic carbocycles. The molecule has 0 N–H and O–H groups in total. The summed E-state index contributed by atoms with van der Waals surface area (Å²) >= 11 is 1.36. The molecule has 2 aromatic rings. The van der Waals surface area contributed by atoms with Gasteiger partial charge in [0.05, 0.1) is 19.0 Å². The number of amides is 1. The summed E-state index contributed by atoms with van der Waals surface area (Å²) in [7, 11) is 0. The first-order chi connectivity index (χ1) is 11.8. The summed E-state index contributed by atoms with van der Waals surface area (Å²) in [5, 5.41) is 0.548. The molecule has 4 rings (SSSR count). The number of thioether (sulfide) groups is 1. The fraction of sp³-hybridized carbons (Fsp3) is 0.529. The van der Waals surface area contributed by atoms with E-state index in [-0.39, 0.29) is 12.2 Å². The Morgan fingerprint density at radius 1 is 1.21 bits per heavy atom. The van der Waals surface area contributed by atoms with E-state index in [0.29, 0.717) is 30.1 Å². The number of piperidine rings is 1. The molecule has 2 aliphatic rings. The number of nitrogens with zero attached hydrogens (tertiary/aromatic N) is 2. The molecule has 128 valence electrons. The molecule has 2 fully saturated rings. The molecule has 2 aliphatic heterocycles. The minimum atomic E-state index is -0.0728. The number of carbonyl (C=O) groups is 1. The summed E-state index contributed by atoms with van der Waals surface area (Å²) < 4.78 is 16.8. The van der Waals surface area contributed by atoms with Gasteiger partial charge in [0.1, 0.15) is 5.52 Å². The van der Waals surface area contributed by atoms with Gasteiger partial charge in [-0.25, -0.2) is 4.98 Å². The van der Waals surface area contributed by atoms with Crippen LogP contribution in [-0.2, 0) is 14.3 Å². The summed E-state index contributed by atoms with van der Waals surface area (Å²) in [6, 6.07) is 7.62. The number of oxazole rings is 1. The van der Waals surface area contributed by atoms with Gasteiger partial charge in [-0.2, -0.15) is 0 Å².